The van der Waals surface area contributed by atoms with Crippen molar-refractivity contribution in [3.05, 3.63) is 46.4 Å². The van der Waals surface area contributed by atoms with Crippen molar-refractivity contribution < 1.29 is 19.1 Å². The van der Waals surface area contributed by atoms with Crippen LogP contribution in [0.3, 0.4) is 0 Å². The van der Waals surface area contributed by atoms with Crippen molar-refractivity contribution in [2.24, 2.45) is 0 Å². The zero-order valence-corrected chi connectivity index (χ0v) is 10.1. The van der Waals surface area contributed by atoms with Gasteiger partial charge in [0.1, 0.15) is 0 Å². The van der Waals surface area contributed by atoms with Crippen LogP contribution in [0.2, 0.25) is 0 Å². The monoisotopic (exact) mass is 251 g/mol. The first-order valence-electron chi connectivity index (χ1n) is 5.04. The van der Waals surface area contributed by atoms with E-state index in [-0.39, 0.29) is 23.2 Å². The third kappa shape index (κ3) is 3.07. The van der Waals surface area contributed by atoms with Crippen LogP contribution in [-0.2, 0) is 20.8 Å². The summed E-state index contributed by atoms with van der Waals surface area (Å²) in [6.07, 6.45) is 1.31. The molecule has 0 saturated heterocycles. The number of esters is 2. The Morgan fingerprint density at radius 1 is 1.28 bits per heavy atom. The molecule has 1 heterocycles. The summed E-state index contributed by atoms with van der Waals surface area (Å²) in [5.41, 5.74) is -0.0240. The normalized spacial score (nSPS) is 9.67. The summed E-state index contributed by atoms with van der Waals surface area (Å²) >= 11 is 0. The largest absolute Gasteiger partial charge is 0.466 e. The molecule has 1 rings (SSSR count). The summed E-state index contributed by atoms with van der Waals surface area (Å²) in [6.45, 7) is 3.46. The van der Waals surface area contributed by atoms with Crippen molar-refractivity contribution >= 4 is 11.9 Å². The number of rotatable bonds is 4. The molecule has 0 amide bonds. The zero-order chi connectivity index (χ0) is 13.7. The topological polar surface area (TPSA) is 74.6 Å². The number of hydrogen-bond acceptors (Lipinski definition) is 5. The average molecular weight is 251 g/mol. The highest BCUT2D eigenvalue weighted by atomic mass is 16.5. The van der Waals surface area contributed by atoms with Crippen molar-refractivity contribution in [3.8, 4) is 0 Å². The molecule has 6 heteroatoms. The van der Waals surface area contributed by atoms with Crippen LogP contribution in [0.4, 0.5) is 0 Å². The van der Waals surface area contributed by atoms with Crippen LogP contribution in [-0.4, -0.2) is 30.7 Å². The lowest BCUT2D eigenvalue weighted by Crippen LogP contribution is -2.23. The summed E-state index contributed by atoms with van der Waals surface area (Å²) in [4.78, 5) is 34.0. The predicted octanol–water partition coefficient (Wildman–Crippen LogP) is 0.364. The van der Waals surface area contributed by atoms with Crippen LogP contribution < -0.4 is 5.56 Å². The molecule has 0 aliphatic carbocycles. The number of methoxy groups -OCH3 is 2. The molecule has 0 unspecified atom stereocenters. The molecule has 0 aliphatic heterocycles. The van der Waals surface area contributed by atoms with Gasteiger partial charge >= 0.3 is 11.9 Å². The second-order valence-electron chi connectivity index (χ2n) is 3.47. The number of aromatic nitrogens is 1. The molecule has 6 nitrogen and oxygen atoms in total. The maximum absolute atomic E-state index is 11.5. The maximum Gasteiger partial charge on any atom is 0.339 e. The molecule has 96 valence electrons. The standard InChI is InChI=1S/C12H13NO5/c1-8(11(15)17-2)6-13-7-9(12(16)18-3)4-5-10(13)14/h4-5,7H,1,6H2,2-3H3. The SMILES string of the molecule is C=C(Cn1cc(C(=O)OC)ccc1=O)C(=O)OC. The zero-order valence-electron chi connectivity index (χ0n) is 10.1. The fourth-order valence-corrected chi connectivity index (χ4v) is 1.31. The van der Waals surface area contributed by atoms with E-state index in [4.69, 9.17) is 0 Å². The number of nitrogens with zero attached hydrogens (tertiary/aromatic N) is 1. The predicted molar refractivity (Wildman–Crippen MR) is 63.2 cm³/mol. The minimum Gasteiger partial charge on any atom is -0.466 e. The lowest BCUT2D eigenvalue weighted by molar-refractivity contribution is -0.136. The van der Waals surface area contributed by atoms with E-state index in [1.165, 1.54) is 37.1 Å². The molecule has 0 N–H and O–H groups in total. The number of hydrogen-bond donors (Lipinski definition) is 0. The number of pyridine rings is 1. The van der Waals surface area contributed by atoms with E-state index in [1.807, 2.05) is 0 Å². The van der Waals surface area contributed by atoms with Crippen molar-refractivity contribution in [1.82, 2.24) is 4.57 Å². The van der Waals surface area contributed by atoms with Crippen LogP contribution in [0, 0.1) is 0 Å². The van der Waals surface area contributed by atoms with E-state index in [9.17, 15) is 14.4 Å². The van der Waals surface area contributed by atoms with Crippen molar-refractivity contribution in [2.45, 2.75) is 6.54 Å². The van der Waals surface area contributed by atoms with Gasteiger partial charge in [-0.3, -0.25) is 4.79 Å². The fourth-order valence-electron chi connectivity index (χ4n) is 1.31. The van der Waals surface area contributed by atoms with E-state index >= 15 is 0 Å². The van der Waals surface area contributed by atoms with E-state index in [2.05, 4.69) is 16.1 Å². The Bertz CT molecular complexity index is 544. The van der Waals surface area contributed by atoms with E-state index in [0.717, 1.165) is 0 Å². The second kappa shape index (κ2) is 5.81. The van der Waals surface area contributed by atoms with Crippen molar-refractivity contribution in [2.75, 3.05) is 14.2 Å². The van der Waals surface area contributed by atoms with E-state index in [1.54, 1.807) is 0 Å². The second-order valence-corrected chi connectivity index (χ2v) is 3.47. The van der Waals surface area contributed by atoms with Gasteiger partial charge in [0.15, 0.2) is 0 Å². The molecule has 0 saturated carbocycles. The summed E-state index contributed by atoms with van der Waals surface area (Å²) < 4.78 is 10.2. The molecular weight excluding hydrogens is 238 g/mol. The smallest absolute Gasteiger partial charge is 0.339 e. The lowest BCUT2D eigenvalue weighted by atomic mass is 10.2. The number of ether oxygens (including phenoxy) is 2. The molecular formula is C12H13NO5. The first-order chi connectivity index (χ1) is 8.49. The molecule has 0 bridgehead atoms. The Morgan fingerprint density at radius 2 is 1.94 bits per heavy atom. The molecule has 1 aromatic rings. The Hall–Kier alpha value is -2.37. The first-order valence-corrected chi connectivity index (χ1v) is 5.04. The van der Waals surface area contributed by atoms with Gasteiger partial charge < -0.3 is 14.0 Å². The third-order valence-electron chi connectivity index (χ3n) is 2.24. The molecule has 0 radical (unpaired) electrons. The Morgan fingerprint density at radius 3 is 2.50 bits per heavy atom. The van der Waals surface area contributed by atoms with Crippen LogP contribution in [0.25, 0.3) is 0 Å². The van der Waals surface area contributed by atoms with Crippen LogP contribution in [0.5, 0.6) is 0 Å². The third-order valence-corrected chi connectivity index (χ3v) is 2.24. The molecule has 0 aromatic carbocycles. The number of carbonyl (C=O) groups excluding carboxylic acids is 2. The average Bonchev–Trinajstić information content (AvgIpc) is 2.39. The molecule has 18 heavy (non-hydrogen) atoms. The highest BCUT2D eigenvalue weighted by molar-refractivity contribution is 5.89. The van der Waals surface area contributed by atoms with Crippen LogP contribution in [0.1, 0.15) is 10.4 Å². The van der Waals surface area contributed by atoms with Gasteiger partial charge in [-0.2, -0.15) is 0 Å². The first kappa shape index (κ1) is 13.7. The van der Waals surface area contributed by atoms with Gasteiger partial charge in [0.05, 0.1) is 26.3 Å². The van der Waals surface area contributed by atoms with Gasteiger partial charge in [0.25, 0.3) is 5.56 Å². The quantitative estimate of drug-likeness (QED) is 0.570. The van der Waals surface area contributed by atoms with Gasteiger partial charge in [-0.15, -0.1) is 0 Å². The summed E-state index contributed by atoms with van der Waals surface area (Å²) in [6, 6.07) is 2.57. The van der Waals surface area contributed by atoms with Crippen molar-refractivity contribution in [3.63, 3.8) is 0 Å². The molecule has 0 spiro atoms. The van der Waals surface area contributed by atoms with Crippen molar-refractivity contribution in [1.29, 1.82) is 0 Å². The maximum atomic E-state index is 11.5. The summed E-state index contributed by atoms with van der Waals surface area (Å²) in [7, 11) is 2.46. The molecule has 0 fully saturated rings. The molecule has 0 aliphatic rings. The van der Waals surface area contributed by atoms with Gasteiger partial charge in [0, 0.05) is 17.8 Å². The van der Waals surface area contributed by atoms with Gasteiger partial charge in [0.2, 0.25) is 0 Å². The summed E-state index contributed by atoms with van der Waals surface area (Å²) in [5.74, 6) is -1.17. The Balaban J connectivity index is 3.02. The summed E-state index contributed by atoms with van der Waals surface area (Å²) in [5, 5.41) is 0. The van der Waals surface area contributed by atoms with Crippen LogP contribution in [0.15, 0.2) is 35.3 Å². The lowest BCUT2D eigenvalue weighted by Gasteiger charge is -2.08. The Kier molecular flexibility index (Phi) is 4.42. The van der Waals surface area contributed by atoms with E-state index in [0.29, 0.717) is 0 Å². The molecule has 0 atom stereocenters. The fraction of sp³-hybridized carbons (Fsp3) is 0.250. The van der Waals surface area contributed by atoms with Gasteiger partial charge in [-0.25, -0.2) is 9.59 Å². The highest BCUT2D eigenvalue weighted by Gasteiger charge is 2.11. The minimum absolute atomic E-state index is 0.0453. The van der Waals surface area contributed by atoms with Gasteiger partial charge in [-0.05, 0) is 6.07 Å². The minimum atomic E-state index is -0.606. The number of carbonyl (C=O) groups is 2. The van der Waals surface area contributed by atoms with Crippen LogP contribution >= 0.6 is 0 Å². The van der Waals surface area contributed by atoms with E-state index < -0.39 is 11.9 Å². The molecule has 1 aromatic heterocycles. The Labute approximate surface area is 103 Å². The highest BCUT2D eigenvalue weighted by Crippen LogP contribution is 2.02. The van der Waals surface area contributed by atoms with Gasteiger partial charge in [-0.1, -0.05) is 6.58 Å².